The van der Waals surface area contributed by atoms with Crippen LogP contribution >= 0.6 is 0 Å². The third-order valence-corrected chi connectivity index (χ3v) is 4.62. The quantitative estimate of drug-likeness (QED) is 0.655. The molecule has 6 nitrogen and oxygen atoms in total. The molecular formula is C21H26N3O3+. The average Bonchev–Trinajstić information content (AvgIpc) is 3.47. The summed E-state index contributed by atoms with van der Waals surface area (Å²) in [6, 6.07) is 16.6. The maximum atomic E-state index is 12.8. The van der Waals surface area contributed by atoms with E-state index in [0.29, 0.717) is 5.69 Å². The van der Waals surface area contributed by atoms with Crippen molar-refractivity contribution in [1.82, 2.24) is 5.32 Å². The van der Waals surface area contributed by atoms with Crippen molar-refractivity contribution in [2.75, 3.05) is 26.0 Å². The summed E-state index contributed by atoms with van der Waals surface area (Å²) in [5.74, 6) is 0.563. The molecule has 0 heterocycles. The zero-order valence-electron chi connectivity index (χ0n) is 15.7. The lowest BCUT2D eigenvalue weighted by Gasteiger charge is -2.24. The van der Waals surface area contributed by atoms with Crippen LogP contribution in [0, 0.1) is 0 Å². The van der Waals surface area contributed by atoms with Crippen molar-refractivity contribution in [3.05, 3.63) is 60.2 Å². The number of likely N-dealkylation sites (N-methyl/N-ethyl adjacent to an activating group) is 1. The number of nitrogens with one attached hydrogen (secondary N) is 3. The van der Waals surface area contributed by atoms with Crippen molar-refractivity contribution in [2.24, 2.45) is 0 Å². The summed E-state index contributed by atoms with van der Waals surface area (Å²) in [7, 11) is 3.47. The first-order chi connectivity index (χ1) is 13.1. The molecule has 0 bridgehead atoms. The summed E-state index contributed by atoms with van der Waals surface area (Å²) in [5, 5.41) is 5.94. The number of carbonyl (C=O) groups is 2. The van der Waals surface area contributed by atoms with E-state index < -0.39 is 6.04 Å². The number of hydrogen-bond acceptors (Lipinski definition) is 3. The number of hydrogen-bond donors (Lipinski definition) is 3. The van der Waals surface area contributed by atoms with Gasteiger partial charge in [-0.2, -0.15) is 0 Å². The summed E-state index contributed by atoms with van der Waals surface area (Å²) >= 11 is 0. The highest BCUT2D eigenvalue weighted by molar-refractivity contribution is 5.91. The molecule has 0 radical (unpaired) electrons. The molecule has 27 heavy (non-hydrogen) atoms. The monoisotopic (exact) mass is 368 g/mol. The van der Waals surface area contributed by atoms with Gasteiger partial charge < -0.3 is 20.3 Å². The van der Waals surface area contributed by atoms with Crippen molar-refractivity contribution in [2.45, 2.75) is 24.9 Å². The predicted molar refractivity (Wildman–Crippen MR) is 104 cm³/mol. The Morgan fingerprint density at radius 3 is 2.37 bits per heavy atom. The summed E-state index contributed by atoms with van der Waals surface area (Å²) in [4.78, 5) is 26.1. The second-order valence-corrected chi connectivity index (χ2v) is 6.93. The SMILES string of the molecule is COc1ccc(NC(=O)C[NH+](C)[C@@H](C(=O)NC2CC2)c2ccccc2)cc1. The maximum absolute atomic E-state index is 12.8. The molecule has 2 aromatic carbocycles. The molecule has 1 fully saturated rings. The van der Waals surface area contributed by atoms with Crippen LogP contribution in [0.3, 0.4) is 0 Å². The van der Waals surface area contributed by atoms with E-state index in [2.05, 4.69) is 10.6 Å². The van der Waals surface area contributed by atoms with E-state index in [0.717, 1.165) is 29.1 Å². The lowest BCUT2D eigenvalue weighted by atomic mass is 10.0. The van der Waals surface area contributed by atoms with E-state index in [-0.39, 0.29) is 24.4 Å². The van der Waals surface area contributed by atoms with Gasteiger partial charge in [0.15, 0.2) is 12.6 Å². The van der Waals surface area contributed by atoms with Crippen LogP contribution < -0.4 is 20.3 Å². The van der Waals surface area contributed by atoms with Crippen LogP contribution in [0.1, 0.15) is 24.4 Å². The van der Waals surface area contributed by atoms with Gasteiger partial charge in [0.25, 0.3) is 11.8 Å². The second-order valence-electron chi connectivity index (χ2n) is 6.93. The first-order valence-corrected chi connectivity index (χ1v) is 9.18. The van der Waals surface area contributed by atoms with Gasteiger partial charge in [-0.3, -0.25) is 9.59 Å². The number of methoxy groups -OCH3 is 1. The Kier molecular flexibility index (Phi) is 6.08. The standard InChI is InChI=1S/C21H25N3O3/c1-24(14-19(25)22-16-10-12-18(27-2)13-11-16)20(15-6-4-3-5-7-15)21(26)23-17-8-9-17/h3-7,10-13,17,20H,8-9,14H2,1-2H3,(H,22,25)(H,23,26)/p+1/t20-/m1/s1. The van der Waals surface area contributed by atoms with E-state index in [1.165, 1.54) is 0 Å². The predicted octanol–water partition coefficient (Wildman–Crippen LogP) is 1.17. The largest absolute Gasteiger partial charge is 0.497 e. The van der Waals surface area contributed by atoms with Gasteiger partial charge in [-0.25, -0.2) is 0 Å². The fourth-order valence-electron chi connectivity index (χ4n) is 3.05. The molecule has 142 valence electrons. The molecule has 1 saturated carbocycles. The Labute approximate surface area is 159 Å². The normalized spacial score (nSPS) is 15.5. The smallest absolute Gasteiger partial charge is 0.283 e. The number of benzene rings is 2. The van der Waals surface area contributed by atoms with Crippen LogP contribution in [0.2, 0.25) is 0 Å². The number of quaternary nitrogens is 1. The van der Waals surface area contributed by atoms with Gasteiger partial charge in [0.1, 0.15) is 5.75 Å². The van der Waals surface area contributed by atoms with Gasteiger partial charge in [-0.05, 0) is 37.1 Å². The Morgan fingerprint density at radius 1 is 1.11 bits per heavy atom. The molecule has 3 rings (SSSR count). The highest BCUT2D eigenvalue weighted by atomic mass is 16.5. The average molecular weight is 368 g/mol. The first-order valence-electron chi connectivity index (χ1n) is 9.18. The summed E-state index contributed by atoms with van der Waals surface area (Å²) in [6.07, 6.45) is 2.06. The van der Waals surface area contributed by atoms with Crippen molar-refractivity contribution in [1.29, 1.82) is 0 Å². The van der Waals surface area contributed by atoms with Crippen LogP contribution in [0.15, 0.2) is 54.6 Å². The third-order valence-electron chi connectivity index (χ3n) is 4.62. The maximum Gasteiger partial charge on any atom is 0.283 e. The van der Waals surface area contributed by atoms with Gasteiger partial charge in [-0.15, -0.1) is 0 Å². The Morgan fingerprint density at radius 2 is 1.78 bits per heavy atom. The van der Waals surface area contributed by atoms with Gasteiger partial charge in [0.2, 0.25) is 0 Å². The lowest BCUT2D eigenvalue weighted by molar-refractivity contribution is -0.894. The zero-order chi connectivity index (χ0) is 19.2. The highest BCUT2D eigenvalue weighted by Gasteiger charge is 2.34. The molecule has 0 spiro atoms. The van der Waals surface area contributed by atoms with E-state index in [4.69, 9.17) is 4.74 Å². The van der Waals surface area contributed by atoms with E-state index in [1.807, 2.05) is 37.4 Å². The van der Waals surface area contributed by atoms with Gasteiger partial charge in [0, 0.05) is 17.3 Å². The number of carbonyl (C=O) groups excluding carboxylic acids is 2. The molecule has 0 saturated heterocycles. The van der Waals surface area contributed by atoms with Crippen molar-refractivity contribution < 1.29 is 19.2 Å². The van der Waals surface area contributed by atoms with E-state index in [9.17, 15) is 9.59 Å². The minimum absolute atomic E-state index is 0.0292. The molecule has 1 aliphatic rings. The highest BCUT2D eigenvalue weighted by Crippen LogP contribution is 2.20. The lowest BCUT2D eigenvalue weighted by Crippen LogP contribution is -3.11. The Hall–Kier alpha value is -2.86. The molecule has 0 aromatic heterocycles. The van der Waals surface area contributed by atoms with Crippen LogP contribution in [-0.2, 0) is 9.59 Å². The van der Waals surface area contributed by atoms with Crippen molar-refractivity contribution in [3.8, 4) is 5.75 Å². The number of ether oxygens (including phenoxy) is 1. The molecule has 6 heteroatoms. The van der Waals surface area contributed by atoms with Crippen LogP contribution in [-0.4, -0.2) is 38.6 Å². The molecule has 2 atom stereocenters. The Balaban J connectivity index is 1.66. The van der Waals surface area contributed by atoms with E-state index >= 15 is 0 Å². The van der Waals surface area contributed by atoms with Crippen LogP contribution in [0.25, 0.3) is 0 Å². The van der Waals surface area contributed by atoms with Gasteiger partial charge in [-0.1, -0.05) is 30.3 Å². The molecule has 0 aliphatic heterocycles. The summed E-state index contributed by atoms with van der Waals surface area (Å²) < 4.78 is 5.12. The third kappa shape index (κ3) is 5.31. The number of anilines is 1. The van der Waals surface area contributed by atoms with Gasteiger partial charge >= 0.3 is 0 Å². The van der Waals surface area contributed by atoms with Crippen molar-refractivity contribution in [3.63, 3.8) is 0 Å². The number of amides is 2. The zero-order valence-corrected chi connectivity index (χ0v) is 15.7. The summed E-state index contributed by atoms with van der Waals surface area (Å²) in [6.45, 7) is 0.184. The molecule has 2 aromatic rings. The van der Waals surface area contributed by atoms with E-state index in [1.54, 1.807) is 31.4 Å². The molecule has 1 unspecified atom stereocenters. The topological polar surface area (TPSA) is 71.9 Å². The van der Waals surface area contributed by atoms with Crippen molar-refractivity contribution >= 4 is 17.5 Å². The second kappa shape index (κ2) is 8.68. The minimum atomic E-state index is -0.423. The van der Waals surface area contributed by atoms with Crippen LogP contribution in [0.4, 0.5) is 5.69 Å². The minimum Gasteiger partial charge on any atom is -0.497 e. The fourth-order valence-corrected chi connectivity index (χ4v) is 3.05. The fraction of sp³-hybridized carbons (Fsp3) is 0.333. The molecular weight excluding hydrogens is 342 g/mol. The van der Waals surface area contributed by atoms with Gasteiger partial charge in [0.05, 0.1) is 14.2 Å². The molecule has 3 N–H and O–H groups in total. The summed E-state index contributed by atoms with van der Waals surface area (Å²) in [5.41, 5.74) is 1.61. The number of rotatable bonds is 8. The van der Waals surface area contributed by atoms with Crippen LogP contribution in [0.5, 0.6) is 5.75 Å². The molecule has 2 amide bonds. The molecule has 1 aliphatic carbocycles. The first kappa shape index (κ1) is 18.9. The Bertz CT molecular complexity index is 773.